The molecule has 1 aromatic rings. The van der Waals surface area contributed by atoms with E-state index in [4.69, 9.17) is 9.72 Å². The van der Waals surface area contributed by atoms with E-state index >= 15 is 0 Å². The number of hydrogen-bond acceptors (Lipinski definition) is 9. The first-order valence-electron chi connectivity index (χ1n) is 9.34. The highest BCUT2D eigenvalue weighted by Crippen LogP contribution is 2.35. The molecule has 0 radical (unpaired) electrons. The zero-order valence-electron chi connectivity index (χ0n) is 14.6. The molecule has 5 rings (SSSR count). The highest BCUT2D eigenvalue weighted by molar-refractivity contribution is 7.09. The van der Waals surface area contributed by atoms with E-state index < -0.39 is 0 Å². The lowest BCUT2D eigenvalue weighted by Gasteiger charge is -2.34. The Kier molecular flexibility index (Phi) is 4.35. The van der Waals surface area contributed by atoms with Crippen LogP contribution >= 0.6 is 11.3 Å². The minimum absolute atomic E-state index is 0.0157. The van der Waals surface area contributed by atoms with Crippen LogP contribution in [0.3, 0.4) is 0 Å². The topological polar surface area (TPSA) is 77.4 Å². The van der Waals surface area contributed by atoms with Gasteiger partial charge in [-0.2, -0.15) is 5.12 Å². The van der Waals surface area contributed by atoms with E-state index in [1.165, 1.54) is 37.8 Å². The molecule has 4 aliphatic rings. The van der Waals surface area contributed by atoms with Gasteiger partial charge in [0.15, 0.2) is 11.7 Å². The largest absolute Gasteiger partial charge is 0.367 e. The van der Waals surface area contributed by atoms with Gasteiger partial charge in [0.2, 0.25) is 0 Å². The molecule has 4 heterocycles. The molecule has 1 aromatic heterocycles. The minimum atomic E-state index is 0.0157. The smallest absolute Gasteiger partial charge is 0.189 e. The molecule has 2 fully saturated rings. The fourth-order valence-electron chi connectivity index (χ4n) is 3.91. The Morgan fingerprint density at radius 2 is 2.04 bits per heavy atom. The van der Waals surface area contributed by atoms with Gasteiger partial charge in [0.05, 0.1) is 18.8 Å². The van der Waals surface area contributed by atoms with Crippen molar-refractivity contribution in [1.29, 1.82) is 0 Å². The van der Waals surface area contributed by atoms with E-state index in [2.05, 4.69) is 31.6 Å². The van der Waals surface area contributed by atoms with E-state index in [9.17, 15) is 0 Å². The number of hydrazine groups is 2. The molecule has 1 aliphatic carbocycles. The van der Waals surface area contributed by atoms with Crippen molar-refractivity contribution in [2.24, 2.45) is 10.2 Å². The van der Waals surface area contributed by atoms with Crippen LogP contribution in [0.25, 0.3) is 0 Å². The average Bonchev–Trinajstić information content (AvgIpc) is 3.38. The van der Waals surface area contributed by atoms with Crippen LogP contribution in [0.1, 0.15) is 54.8 Å². The van der Waals surface area contributed by atoms with Crippen molar-refractivity contribution in [3.8, 4) is 0 Å². The number of hydrazone groups is 2. The quantitative estimate of drug-likeness (QED) is 0.827. The van der Waals surface area contributed by atoms with Gasteiger partial charge in [-0.3, -0.25) is 0 Å². The van der Waals surface area contributed by atoms with Gasteiger partial charge in [0, 0.05) is 17.8 Å². The van der Waals surface area contributed by atoms with Gasteiger partial charge in [-0.15, -0.1) is 27.1 Å². The van der Waals surface area contributed by atoms with E-state index in [0.717, 1.165) is 29.8 Å². The predicted molar refractivity (Wildman–Crippen MR) is 100 cm³/mol. The zero-order valence-corrected chi connectivity index (χ0v) is 15.4. The minimum Gasteiger partial charge on any atom is -0.367 e. The van der Waals surface area contributed by atoms with E-state index in [-0.39, 0.29) is 6.10 Å². The Morgan fingerprint density at radius 3 is 2.96 bits per heavy atom. The Morgan fingerprint density at radius 1 is 1.15 bits per heavy atom. The first kappa shape index (κ1) is 16.2. The van der Waals surface area contributed by atoms with E-state index in [1.54, 1.807) is 16.5 Å². The summed E-state index contributed by atoms with van der Waals surface area (Å²) in [5.74, 6) is 2.32. The number of rotatable bonds is 2. The summed E-state index contributed by atoms with van der Waals surface area (Å²) in [6.45, 7) is 2.28. The standard InChI is InChI=1S/C17H23N7OS/c1-2-4-12(5-3-1)13-11-26-17(18-13)14-10-23(8-9-25-14)16-7-6-15-19-21-22-24(15)20-16/h6-7,11-12,14,21-22H,1-5,8-10H2. The summed E-state index contributed by atoms with van der Waals surface area (Å²) in [6, 6.07) is 0. The van der Waals surface area contributed by atoms with Gasteiger partial charge >= 0.3 is 0 Å². The first-order chi connectivity index (χ1) is 12.9. The number of fused-ring (bicyclic) bond motifs is 1. The van der Waals surface area contributed by atoms with Crippen LogP contribution in [0.2, 0.25) is 0 Å². The number of nitrogens with one attached hydrogen (secondary N) is 2. The monoisotopic (exact) mass is 373 g/mol. The van der Waals surface area contributed by atoms with Crippen molar-refractivity contribution >= 4 is 23.0 Å². The Balaban J connectivity index is 1.28. The number of thiazole rings is 1. The third-order valence-electron chi connectivity index (χ3n) is 5.36. The number of ether oxygens (including phenoxy) is 1. The highest BCUT2D eigenvalue weighted by atomic mass is 32.1. The molecule has 138 valence electrons. The van der Waals surface area contributed by atoms with Crippen LogP contribution in [0, 0.1) is 0 Å². The molecule has 1 saturated heterocycles. The van der Waals surface area contributed by atoms with Crippen molar-refractivity contribution < 1.29 is 4.74 Å². The lowest BCUT2D eigenvalue weighted by Crippen LogP contribution is -2.46. The Hall–Kier alpha value is -1.97. The SMILES string of the molecule is C1=CC2=NNNN2N=C1N1CCOC(c2nc(C3CCCCC3)cs2)C1. The number of hydrogen-bond donors (Lipinski definition) is 2. The van der Waals surface area contributed by atoms with Crippen LogP contribution in [0.4, 0.5) is 0 Å². The van der Waals surface area contributed by atoms with Crippen LogP contribution in [-0.4, -0.2) is 46.4 Å². The fourth-order valence-corrected chi connectivity index (χ4v) is 4.85. The maximum absolute atomic E-state index is 6.03. The van der Waals surface area contributed by atoms with Crippen molar-refractivity contribution in [2.75, 3.05) is 19.7 Å². The van der Waals surface area contributed by atoms with Gasteiger partial charge in [-0.25, -0.2) is 10.5 Å². The van der Waals surface area contributed by atoms with Crippen LogP contribution < -0.4 is 11.1 Å². The second-order valence-corrected chi connectivity index (χ2v) is 7.94. The predicted octanol–water partition coefficient (Wildman–Crippen LogP) is 2.09. The number of nitrogens with zero attached hydrogens (tertiary/aromatic N) is 5. The molecule has 0 aromatic carbocycles. The molecule has 0 amide bonds. The lowest BCUT2D eigenvalue weighted by atomic mass is 9.87. The molecule has 8 nitrogen and oxygen atoms in total. The molecule has 1 saturated carbocycles. The molecule has 1 atom stereocenters. The van der Waals surface area contributed by atoms with Gasteiger partial charge in [0.1, 0.15) is 11.1 Å². The van der Waals surface area contributed by atoms with Gasteiger partial charge in [-0.05, 0) is 25.0 Å². The van der Waals surface area contributed by atoms with Gasteiger partial charge < -0.3 is 9.64 Å². The maximum atomic E-state index is 6.03. The van der Waals surface area contributed by atoms with Crippen LogP contribution in [0.15, 0.2) is 27.7 Å². The molecular formula is C17H23N7OS. The first-order valence-corrected chi connectivity index (χ1v) is 10.2. The fraction of sp³-hybridized carbons (Fsp3) is 0.588. The molecule has 9 heteroatoms. The average molecular weight is 373 g/mol. The summed E-state index contributed by atoms with van der Waals surface area (Å²) in [6.07, 6.45) is 10.6. The molecule has 3 aliphatic heterocycles. The van der Waals surface area contributed by atoms with Gasteiger partial charge in [-0.1, -0.05) is 19.3 Å². The summed E-state index contributed by atoms with van der Waals surface area (Å²) >= 11 is 1.74. The molecule has 1 unspecified atom stereocenters. The van der Waals surface area contributed by atoms with Crippen LogP contribution in [-0.2, 0) is 4.74 Å². The molecule has 26 heavy (non-hydrogen) atoms. The molecule has 0 bridgehead atoms. The van der Waals surface area contributed by atoms with Crippen molar-refractivity contribution in [3.05, 3.63) is 28.2 Å². The normalized spacial score (nSPS) is 26.4. The maximum Gasteiger partial charge on any atom is 0.189 e. The lowest BCUT2D eigenvalue weighted by molar-refractivity contribution is -0.00732. The Bertz CT molecular complexity index is 752. The summed E-state index contributed by atoms with van der Waals surface area (Å²) in [7, 11) is 0. The summed E-state index contributed by atoms with van der Waals surface area (Å²) in [5, 5.41) is 13.7. The van der Waals surface area contributed by atoms with Crippen molar-refractivity contribution in [3.63, 3.8) is 0 Å². The third-order valence-corrected chi connectivity index (χ3v) is 6.31. The third kappa shape index (κ3) is 3.10. The van der Waals surface area contributed by atoms with E-state index in [1.807, 2.05) is 12.2 Å². The Labute approximate surface area is 156 Å². The van der Waals surface area contributed by atoms with Gasteiger partial charge in [0.25, 0.3) is 0 Å². The second kappa shape index (κ2) is 6.98. The highest BCUT2D eigenvalue weighted by Gasteiger charge is 2.29. The molecule has 2 N–H and O–H groups in total. The molecular weight excluding hydrogens is 350 g/mol. The number of aromatic nitrogens is 1. The number of morpholine rings is 1. The van der Waals surface area contributed by atoms with Crippen molar-refractivity contribution in [2.45, 2.75) is 44.1 Å². The number of amidine groups is 2. The van der Waals surface area contributed by atoms with Crippen LogP contribution in [0.5, 0.6) is 0 Å². The summed E-state index contributed by atoms with van der Waals surface area (Å²) in [5.41, 5.74) is 6.86. The summed E-state index contributed by atoms with van der Waals surface area (Å²) in [4.78, 5) is 7.20. The molecule has 0 spiro atoms. The van der Waals surface area contributed by atoms with E-state index in [0.29, 0.717) is 12.5 Å². The zero-order chi connectivity index (χ0) is 17.3. The van der Waals surface area contributed by atoms with Crippen molar-refractivity contribution in [1.82, 2.24) is 26.1 Å². The summed E-state index contributed by atoms with van der Waals surface area (Å²) < 4.78 is 6.03. The second-order valence-electron chi connectivity index (χ2n) is 7.05.